The van der Waals surface area contributed by atoms with Gasteiger partial charge in [-0.25, -0.2) is 18.6 Å². The Balaban J connectivity index is 2.84. The van der Waals surface area contributed by atoms with Gasteiger partial charge in [-0.1, -0.05) is 19.9 Å². The zero-order valence-corrected chi connectivity index (χ0v) is 17.9. The number of aromatic nitrogens is 1. The van der Waals surface area contributed by atoms with Crippen LogP contribution in [0, 0.1) is 19.8 Å². The van der Waals surface area contributed by atoms with E-state index in [-0.39, 0.29) is 6.42 Å². The molecule has 2 aromatic rings. The summed E-state index contributed by atoms with van der Waals surface area (Å²) in [4.78, 5) is 28.0. The van der Waals surface area contributed by atoms with Gasteiger partial charge in [0.1, 0.15) is 5.69 Å². The number of benzene rings is 1. The van der Waals surface area contributed by atoms with Gasteiger partial charge in [0.05, 0.1) is 11.1 Å². The van der Waals surface area contributed by atoms with Gasteiger partial charge in [0, 0.05) is 4.90 Å². The van der Waals surface area contributed by atoms with Gasteiger partial charge in [-0.15, -0.1) is 0 Å². The van der Waals surface area contributed by atoms with Crippen LogP contribution in [-0.2, 0) is 12.6 Å². The molecule has 0 fully saturated rings. The van der Waals surface area contributed by atoms with Crippen LogP contribution in [0.25, 0.3) is 0 Å². The van der Waals surface area contributed by atoms with Gasteiger partial charge in [-0.05, 0) is 66.8 Å². The fraction of sp³-hybridized carbons (Fsp3) is 0.381. The van der Waals surface area contributed by atoms with Crippen molar-refractivity contribution in [3.05, 3.63) is 57.4 Å². The highest BCUT2D eigenvalue weighted by Crippen LogP contribution is 2.40. The lowest BCUT2D eigenvalue weighted by atomic mass is 9.91. The smallest absolute Gasteiger partial charge is 0.434 e. The molecule has 31 heavy (non-hydrogen) atoms. The third kappa shape index (κ3) is 5.81. The maximum Gasteiger partial charge on any atom is 0.434 e. The van der Waals surface area contributed by atoms with E-state index in [1.165, 1.54) is 0 Å². The van der Waals surface area contributed by atoms with Crippen molar-refractivity contribution in [2.75, 3.05) is 0 Å². The second-order valence-corrected chi connectivity index (χ2v) is 8.54. The van der Waals surface area contributed by atoms with Gasteiger partial charge in [0.25, 0.3) is 6.43 Å². The molecule has 0 aliphatic carbocycles. The number of carboxylic acid groups (broad SMARTS) is 1. The second-order valence-electron chi connectivity index (χ2n) is 7.49. The van der Waals surface area contributed by atoms with Crippen LogP contribution in [0.15, 0.2) is 23.1 Å². The number of hydrogen-bond acceptors (Lipinski definition) is 4. The molecule has 168 valence electrons. The molecule has 0 spiro atoms. The number of aromatic carboxylic acids is 1. The Labute approximate surface area is 179 Å². The summed E-state index contributed by atoms with van der Waals surface area (Å²) in [7, 11) is 0. The van der Waals surface area contributed by atoms with Gasteiger partial charge in [0.2, 0.25) is 5.12 Å². The van der Waals surface area contributed by atoms with Gasteiger partial charge in [-0.2, -0.15) is 13.2 Å². The van der Waals surface area contributed by atoms with Crippen LogP contribution in [-0.4, -0.2) is 21.2 Å². The molecule has 4 nitrogen and oxygen atoms in total. The van der Waals surface area contributed by atoms with E-state index in [2.05, 4.69) is 4.98 Å². The number of aryl methyl sites for hydroxylation is 2. The Morgan fingerprint density at radius 2 is 1.61 bits per heavy atom. The predicted octanol–water partition coefficient (Wildman–Crippen LogP) is 6.48. The van der Waals surface area contributed by atoms with Crippen LogP contribution in [0.2, 0.25) is 0 Å². The molecule has 0 aliphatic heterocycles. The third-order valence-corrected chi connectivity index (χ3v) is 5.10. The van der Waals surface area contributed by atoms with Gasteiger partial charge < -0.3 is 5.11 Å². The number of thioether (sulfide) groups is 1. The number of carbonyl (C=O) groups is 2. The van der Waals surface area contributed by atoms with E-state index in [4.69, 9.17) is 0 Å². The molecule has 0 saturated heterocycles. The van der Waals surface area contributed by atoms with Gasteiger partial charge in [-0.3, -0.25) is 4.79 Å². The lowest BCUT2D eigenvalue weighted by molar-refractivity contribution is -0.141. The molecule has 1 aromatic heterocycles. The molecule has 0 radical (unpaired) electrons. The molecule has 1 heterocycles. The first-order valence-corrected chi connectivity index (χ1v) is 9.99. The molecular weight excluding hydrogens is 441 g/mol. The Morgan fingerprint density at radius 1 is 1.06 bits per heavy atom. The average molecular weight is 461 g/mol. The fourth-order valence-electron chi connectivity index (χ4n) is 3.24. The van der Waals surface area contributed by atoms with E-state index in [0.29, 0.717) is 16.7 Å². The minimum Gasteiger partial charge on any atom is -0.478 e. The fourth-order valence-corrected chi connectivity index (χ4v) is 4.26. The number of carboxylic acids is 1. The Hall–Kier alpha value is -2.49. The maximum absolute atomic E-state index is 13.8. The summed E-state index contributed by atoms with van der Waals surface area (Å²) in [6, 6.07) is 4.98. The summed E-state index contributed by atoms with van der Waals surface area (Å²) in [5.41, 5.74) is -4.39. The van der Waals surface area contributed by atoms with Crippen LogP contribution in [0.1, 0.15) is 69.1 Å². The predicted molar refractivity (Wildman–Crippen MR) is 106 cm³/mol. The minimum absolute atomic E-state index is 0.318. The molecule has 0 aliphatic rings. The molecule has 2 rings (SSSR count). The largest absolute Gasteiger partial charge is 0.478 e. The monoisotopic (exact) mass is 461 g/mol. The third-order valence-electron chi connectivity index (χ3n) is 4.24. The molecule has 1 aromatic carbocycles. The van der Waals surface area contributed by atoms with E-state index in [9.17, 15) is 36.6 Å². The van der Waals surface area contributed by atoms with Crippen molar-refractivity contribution >= 4 is 22.8 Å². The van der Waals surface area contributed by atoms with Crippen LogP contribution in [0.5, 0.6) is 0 Å². The molecule has 0 amide bonds. The van der Waals surface area contributed by atoms with Crippen molar-refractivity contribution in [3.8, 4) is 0 Å². The normalized spacial score (nSPS) is 12.0. The van der Waals surface area contributed by atoms with Gasteiger partial charge in [0.15, 0.2) is 5.69 Å². The summed E-state index contributed by atoms with van der Waals surface area (Å²) in [6.45, 7) is 6.64. The Morgan fingerprint density at radius 3 is 2.03 bits per heavy atom. The SMILES string of the molecule is Cc1cc(C)cc(SC(=O)c2c(C(F)(F)F)nc(C(F)F)c(C(=O)O)c2CC(C)C)c1. The van der Waals surface area contributed by atoms with E-state index < -0.39 is 57.7 Å². The van der Waals surface area contributed by atoms with Crippen molar-refractivity contribution in [1.29, 1.82) is 0 Å². The highest BCUT2D eigenvalue weighted by atomic mass is 32.2. The van der Waals surface area contributed by atoms with E-state index >= 15 is 0 Å². The van der Waals surface area contributed by atoms with Crippen LogP contribution >= 0.6 is 11.8 Å². The topological polar surface area (TPSA) is 67.3 Å². The maximum atomic E-state index is 13.8. The Bertz CT molecular complexity index is 999. The highest BCUT2D eigenvalue weighted by molar-refractivity contribution is 8.14. The van der Waals surface area contributed by atoms with Crippen LogP contribution in [0.4, 0.5) is 22.0 Å². The van der Waals surface area contributed by atoms with Crippen molar-refractivity contribution in [3.63, 3.8) is 0 Å². The van der Waals surface area contributed by atoms with E-state index in [1.54, 1.807) is 45.9 Å². The summed E-state index contributed by atoms with van der Waals surface area (Å²) >= 11 is 0.472. The van der Waals surface area contributed by atoms with E-state index in [0.717, 1.165) is 11.1 Å². The molecule has 0 atom stereocenters. The molecule has 0 saturated carbocycles. The minimum atomic E-state index is -5.24. The number of halogens is 5. The lowest BCUT2D eigenvalue weighted by Gasteiger charge is -2.21. The summed E-state index contributed by atoms with van der Waals surface area (Å²) < 4.78 is 68.2. The van der Waals surface area contributed by atoms with Crippen molar-refractivity contribution < 1.29 is 36.6 Å². The number of alkyl halides is 5. The number of carbonyl (C=O) groups excluding carboxylic acids is 1. The average Bonchev–Trinajstić information content (AvgIpc) is 2.57. The number of rotatable bonds is 6. The summed E-state index contributed by atoms with van der Waals surface area (Å²) in [5, 5.41) is 8.39. The standard InChI is InChI=1S/C21H20F5NO3S/c1-9(2)5-13-14(19(28)29)16(18(22)23)27-17(21(24,25)26)15(13)20(30)31-12-7-10(3)6-11(4)8-12/h6-9,18H,5H2,1-4H3,(H,28,29). The number of hydrogen-bond donors (Lipinski definition) is 1. The number of nitrogens with zero attached hydrogens (tertiary/aromatic N) is 1. The zero-order chi connectivity index (χ0) is 23.7. The van der Waals surface area contributed by atoms with Crippen molar-refractivity contribution in [2.45, 2.75) is 51.6 Å². The van der Waals surface area contributed by atoms with Crippen LogP contribution < -0.4 is 0 Å². The molecule has 0 unspecified atom stereocenters. The molecule has 1 N–H and O–H groups in total. The Kier molecular flexibility index (Phi) is 7.46. The lowest BCUT2D eigenvalue weighted by Crippen LogP contribution is -2.23. The quantitative estimate of drug-likeness (QED) is 0.394. The molecular formula is C21H20F5NO3S. The molecule has 10 heteroatoms. The summed E-state index contributed by atoms with van der Waals surface area (Å²) in [5.74, 6) is -2.28. The second kappa shape index (κ2) is 9.33. The van der Waals surface area contributed by atoms with E-state index in [1.807, 2.05) is 0 Å². The van der Waals surface area contributed by atoms with Crippen LogP contribution in [0.3, 0.4) is 0 Å². The first kappa shape index (κ1) is 24.8. The zero-order valence-electron chi connectivity index (χ0n) is 17.1. The van der Waals surface area contributed by atoms with Gasteiger partial charge >= 0.3 is 12.1 Å². The first-order chi connectivity index (χ1) is 14.2. The van der Waals surface area contributed by atoms with Crippen molar-refractivity contribution in [2.24, 2.45) is 5.92 Å². The molecule has 0 bridgehead atoms. The highest BCUT2D eigenvalue weighted by Gasteiger charge is 2.42. The van der Waals surface area contributed by atoms with Crippen molar-refractivity contribution in [1.82, 2.24) is 4.98 Å². The first-order valence-electron chi connectivity index (χ1n) is 9.18. The summed E-state index contributed by atoms with van der Waals surface area (Å²) in [6.07, 6.45) is -9.11. The number of pyridine rings is 1.